The van der Waals surface area contributed by atoms with Crippen LogP contribution in [0.2, 0.25) is 0 Å². The molecule has 0 saturated carbocycles. The Bertz CT molecular complexity index is 762. The van der Waals surface area contributed by atoms with Crippen molar-refractivity contribution >= 4 is 0 Å². The molecule has 0 radical (unpaired) electrons. The van der Waals surface area contributed by atoms with Gasteiger partial charge in [-0.1, -0.05) is 24.8 Å². The van der Waals surface area contributed by atoms with Crippen LogP contribution in [0.25, 0.3) is 0 Å². The van der Waals surface area contributed by atoms with E-state index in [1.807, 2.05) is 37.5 Å². The minimum absolute atomic E-state index is 0.436. The summed E-state index contributed by atoms with van der Waals surface area (Å²) in [5, 5.41) is 0. The summed E-state index contributed by atoms with van der Waals surface area (Å²) < 4.78 is 17.1. The summed E-state index contributed by atoms with van der Waals surface area (Å²) in [6.45, 7) is 13.7. The summed E-state index contributed by atoms with van der Waals surface area (Å²) in [5.41, 5.74) is 3.46. The molecule has 5 nitrogen and oxygen atoms in total. The van der Waals surface area contributed by atoms with Gasteiger partial charge in [0.2, 0.25) is 0 Å². The third-order valence-electron chi connectivity index (χ3n) is 4.37. The first-order valence-corrected chi connectivity index (χ1v) is 9.95. The van der Waals surface area contributed by atoms with Crippen LogP contribution in [0.15, 0.2) is 62.0 Å². The predicted octanol–water partition coefficient (Wildman–Crippen LogP) is 4.42. The third-order valence-corrected chi connectivity index (χ3v) is 4.37. The number of benzene rings is 1. The second kappa shape index (κ2) is 12.8. The number of nitrogens with zero attached hydrogens (tertiary/aromatic N) is 2. The Morgan fingerprint density at radius 2 is 1.79 bits per heavy atom. The van der Waals surface area contributed by atoms with Crippen LogP contribution in [0.1, 0.15) is 23.6 Å². The third kappa shape index (κ3) is 7.37. The second-order valence-electron chi connectivity index (χ2n) is 6.67. The van der Waals surface area contributed by atoms with Gasteiger partial charge in [0.25, 0.3) is 0 Å². The van der Waals surface area contributed by atoms with Gasteiger partial charge in [0.1, 0.15) is 6.61 Å². The molecule has 156 valence electrons. The lowest BCUT2D eigenvalue weighted by Crippen LogP contribution is -2.26. The molecule has 0 spiro atoms. The minimum atomic E-state index is 0.436. The van der Waals surface area contributed by atoms with Gasteiger partial charge >= 0.3 is 0 Å². The van der Waals surface area contributed by atoms with E-state index in [0.717, 1.165) is 36.7 Å². The number of rotatable bonds is 14. The van der Waals surface area contributed by atoms with Gasteiger partial charge in [-0.2, -0.15) is 0 Å². The number of aromatic nitrogens is 1. The van der Waals surface area contributed by atoms with Crippen LogP contribution in [0.3, 0.4) is 0 Å². The van der Waals surface area contributed by atoms with Crippen LogP contribution < -0.4 is 9.47 Å². The van der Waals surface area contributed by atoms with Crippen LogP contribution >= 0.6 is 0 Å². The van der Waals surface area contributed by atoms with E-state index in [-0.39, 0.29) is 0 Å². The summed E-state index contributed by atoms with van der Waals surface area (Å²) in [5.74, 6) is 1.53. The van der Waals surface area contributed by atoms with E-state index in [4.69, 9.17) is 14.2 Å². The van der Waals surface area contributed by atoms with E-state index in [2.05, 4.69) is 35.2 Å². The Morgan fingerprint density at radius 3 is 2.45 bits per heavy atom. The fourth-order valence-electron chi connectivity index (χ4n) is 3.13. The van der Waals surface area contributed by atoms with Crippen molar-refractivity contribution in [3.8, 4) is 11.5 Å². The van der Waals surface area contributed by atoms with Crippen molar-refractivity contribution in [3.63, 3.8) is 0 Å². The highest BCUT2D eigenvalue weighted by atomic mass is 16.5. The molecule has 29 heavy (non-hydrogen) atoms. The fraction of sp³-hybridized carbons (Fsp3) is 0.375. The maximum absolute atomic E-state index is 5.91. The van der Waals surface area contributed by atoms with Gasteiger partial charge in [-0.25, -0.2) is 0 Å². The summed E-state index contributed by atoms with van der Waals surface area (Å²) in [7, 11) is 1.73. The van der Waals surface area contributed by atoms with Crippen LogP contribution in [0.5, 0.6) is 11.5 Å². The highest BCUT2D eigenvalue weighted by Gasteiger charge is 2.15. The second-order valence-corrected chi connectivity index (χ2v) is 6.67. The van der Waals surface area contributed by atoms with E-state index < -0.39 is 0 Å². The molecule has 1 heterocycles. The molecule has 2 rings (SSSR count). The maximum Gasteiger partial charge on any atom is 0.165 e. The van der Waals surface area contributed by atoms with E-state index in [1.54, 1.807) is 13.2 Å². The lowest BCUT2D eigenvalue weighted by Gasteiger charge is -2.24. The summed E-state index contributed by atoms with van der Waals surface area (Å²) in [4.78, 5) is 6.46. The predicted molar refractivity (Wildman–Crippen MR) is 117 cm³/mol. The molecular weight excluding hydrogens is 364 g/mol. The first-order valence-electron chi connectivity index (χ1n) is 9.95. The molecule has 0 amide bonds. The Morgan fingerprint density at radius 1 is 1.03 bits per heavy atom. The number of pyridine rings is 1. The van der Waals surface area contributed by atoms with Gasteiger partial charge in [-0.05, 0) is 42.7 Å². The molecule has 1 aromatic heterocycles. The average Bonchev–Trinajstić information content (AvgIpc) is 2.73. The molecule has 0 fully saturated rings. The number of ether oxygens (including phenoxy) is 3. The quantitative estimate of drug-likeness (QED) is 0.442. The fourth-order valence-corrected chi connectivity index (χ4v) is 3.13. The Balaban J connectivity index is 2.30. The molecule has 0 atom stereocenters. The molecule has 0 aliphatic carbocycles. The largest absolute Gasteiger partial charge is 0.490 e. The molecule has 0 aliphatic heterocycles. The zero-order valence-electron chi connectivity index (χ0n) is 17.6. The summed E-state index contributed by atoms with van der Waals surface area (Å²) >= 11 is 0. The van der Waals surface area contributed by atoms with Gasteiger partial charge < -0.3 is 14.2 Å². The van der Waals surface area contributed by atoms with Gasteiger partial charge in [-0.15, -0.1) is 6.58 Å². The minimum Gasteiger partial charge on any atom is -0.490 e. The maximum atomic E-state index is 5.91. The van der Waals surface area contributed by atoms with E-state index in [0.29, 0.717) is 26.2 Å². The van der Waals surface area contributed by atoms with E-state index in [9.17, 15) is 0 Å². The lowest BCUT2D eigenvalue weighted by molar-refractivity contribution is 0.140. The molecule has 0 saturated heterocycles. The topological polar surface area (TPSA) is 43.8 Å². The van der Waals surface area contributed by atoms with Crippen molar-refractivity contribution in [3.05, 3.63) is 78.7 Å². The van der Waals surface area contributed by atoms with E-state index in [1.165, 1.54) is 11.1 Å². The number of methoxy groups -OCH3 is 1. The van der Waals surface area contributed by atoms with Crippen molar-refractivity contribution < 1.29 is 14.2 Å². The first kappa shape index (κ1) is 22.7. The standard InChI is InChI=1S/C24H32N2O3/c1-5-8-22-16-21(17-23(28-7-3)24(22)29-14-6-2)19-26(13-15-27-4)18-20-9-11-25-12-10-20/h5-6,9-12,16-17H,1-2,7-8,13-15,18-19H2,3-4H3. The highest BCUT2D eigenvalue weighted by Crippen LogP contribution is 2.34. The van der Waals surface area contributed by atoms with E-state index >= 15 is 0 Å². The number of allylic oxidation sites excluding steroid dienone is 1. The monoisotopic (exact) mass is 396 g/mol. The van der Waals surface area contributed by atoms with Crippen molar-refractivity contribution in [1.82, 2.24) is 9.88 Å². The molecule has 0 N–H and O–H groups in total. The number of hydrogen-bond acceptors (Lipinski definition) is 5. The summed E-state index contributed by atoms with van der Waals surface area (Å²) in [6, 6.07) is 8.33. The molecule has 0 unspecified atom stereocenters. The lowest BCUT2D eigenvalue weighted by atomic mass is 10.0. The normalized spacial score (nSPS) is 10.7. The molecule has 0 aliphatic rings. The van der Waals surface area contributed by atoms with Crippen LogP contribution in [-0.2, 0) is 24.2 Å². The van der Waals surface area contributed by atoms with Crippen LogP contribution in [-0.4, -0.2) is 43.4 Å². The van der Waals surface area contributed by atoms with Crippen LogP contribution in [0, 0.1) is 0 Å². The van der Waals surface area contributed by atoms with Crippen molar-refractivity contribution in [1.29, 1.82) is 0 Å². The average molecular weight is 397 g/mol. The molecule has 1 aromatic carbocycles. The smallest absolute Gasteiger partial charge is 0.165 e. The van der Waals surface area contributed by atoms with Crippen molar-refractivity contribution in [2.45, 2.75) is 26.4 Å². The Kier molecular flexibility index (Phi) is 9.96. The zero-order valence-corrected chi connectivity index (χ0v) is 17.6. The van der Waals surface area contributed by atoms with Crippen molar-refractivity contribution in [2.24, 2.45) is 0 Å². The van der Waals surface area contributed by atoms with Gasteiger partial charge in [0, 0.05) is 44.7 Å². The zero-order chi connectivity index (χ0) is 20.9. The first-order chi connectivity index (χ1) is 14.2. The molecular formula is C24H32N2O3. The SMILES string of the molecule is C=CCOc1c(CC=C)cc(CN(CCOC)Cc2ccncc2)cc1OCC. The highest BCUT2D eigenvalue weighted by molar-refractivity contribution is 5.50. The Hall–Kier alpha value is -2.63. The van der Waals surface area contributed by atoms with Gasteiger partial charge in [0.05, 0.1) is 13.2 Å². The summed E-state index contributed by atoms with van der Waals surface area (Å²) in [6.07, 6.45) is 7.98. The number of hydrogen-bond donors (Lipinski definition) is 0. The Labute approximate surface area is 174 Å². The van der Waals surface area contributed by atoms with Crippen molar-refractivity contribution in [2.75, 3.05) is 33.5 Å². The van der Waals surface area contributed by atoms with Gasteiger partial charge in [-0.3, -0.25) is 9.88 Å². The van der Waals surface area contributed by atoms with Crippen LogP contribution in [0.4, 0.5) is 0 Å². The molecule has 2 aromatic rings. The molecule has 0 bridgehead atoms. The van der Waals surface area contributed by atoms with Gasteiger partial charge in [0.15, 0.2) is 11.5 Å². The molecule has 5 heteroatoms.